The molecular formula is C19H39NO3. The molecule has 1 N–H and O–H groups in total. The second kappa shape index (κ2) is 17.7. The molecule has 23 heavy (non-hydrogen) atoms. The predicted octanol–water partition coefficient (Wildman–Crippen LogP) is 5.89. The van der Waals surface area contributed by atoms with Gasteiger partial charge in [0.15, 0.2) is 0 Å². The zero-order chi connectivity index (χ0) is 17.2. The zero-order valence-electron chi connectivity index (χ0n) is 15.3. The average Bonchev–Trinajstić information content (AvgIpc) is 2.54. The maximum atomic E-state index is 10.6. The lowest BCUT2D eigenvalue weighted by atomic mass is 10.0. The minimum Gasteiger partial charge on any atom is -0.389 e. The van der Waals surface area contributed by atoms with E-state index in [-0.39, 0.29) is 11.5 Å². The molecular weight excluding hydrogens is 290 g/mol. The smallest absolute Gasteiger partial charge is 0.235 e. The third-order valence-corrected chi connectivity index (χ3v) is 4.65. The van der Waals surface area contributed by atoms with Gasteiger partial charge < -0.3 is 5.11 Å². The van der Waals surface area contributed by atoms with Crippen LogP contribution in [0.5, 0.6) is 0 Å². The van der Waals surface area contributed by atoms with Crippen LogP contribution in [-0.4, -0.2) is 22.7 Å². The molecule has 0 saturated heterocycles. The summed E-state index contributed by atoms with van der Waals surface area (Å²) in [5.74, 6) is 0. The predicted molar refractivity (Wildman–Crippen MR) is 97.4 cm³/mol. The maximum Gasteiger partial charge on any atom is 0.235 e. The summed E-state index contributed by atoms with van der Waals surface area (Å²) in [5.41, 5.74) is 0. The van der Waals surface area contributed by atoms with Crippen molar-refractivity contribution in [2.24, 2.45) is 0 Å². The van der Waals surface area contributed by atoms with Gasteiger partial charge >= 0.3 is 0 Å². The van der Waals surface area contributed by atoms with Crippen molar-refractivity contribution in [2.45, 2.75) is 116 Å². The highest BCUT2D eigenvalue weighted by Gasteiger charge is 2.17. The molecule has 0 aromatic carbocycles. The molecule has 0 aliphatic carbocycles. The molecule has 4 heteroatoms. The summed E-state index contributed by atoms with van der Waals surface area (Å²) in [7, 11) is 0. The fourth-order valence-electron chi connectivity index (χ4n) is 3.01. The minimum atomic E-state index is -0.753. The summed E-state index contributed by atoms with van der Waals surface area (Å²) < 4.78 is 0. The molecule has 0 radical (unpaired) electrons. The molecule has 0 bridgehead atoms. The second-order valence-corrected chi connectivity index (χ2v) is 6.86. The first-order valence-corrected chi connectivity index (χ1v) is 9.96. The first-order valence-electron chi connectivity index (χ1n) is 9.96. The van der Waals surface area contributed by atoms with Crippen LogP contribution >= 0.6 is 0 Å². The Morgan fingerprint density at radius 1 is 0.739 bits per heavy atom. The van der Waals surface area contributed by atoms with Crippen molar-refractivity contribution in [1.82, 2.24) is 0 Å². The highest BCUT2D eigenvalue weighted by Crippen LogP contribution is 2.14. The number of unbranched alkanes of at least 4 members (excludes halogenated alkanes) is 14. The SMILES string of the molecule is CCCCCCCCCCCCCCCCCC(CO)[N+](=O)[O-]. The van der Waals surface area contributed by atoms with Crippen molar-refractivity contribution in [3.8, 4) is 0 Å². The van der Waals surface area contributed by atoms with Crippen LogP contribution in [0, 0.1) is 10.1 Å². The summed E-state index contributed by atoms with van der Waals surface area (Å²) in [5, 5.41) is 19.4. The highest BCUT2D eigenvalue weighted by atomic mass is 16.6. The van der Waals surface area contributed by atoms with Crippen LogP contribution in [0.15, 0.2) is 0 Å². The average molecular weight is 330 g/mol. The summed E-state index contributed by atoms with van der Waals surface area (Å²) in [6, 6.07) is -0.753. The largest absolute Gasteiger partial charge is 0.389 e. The summed E-state index contributed by atoms with van der Waals surface area (Å²) in [6.07, 6.45) is 20.0. The Kier molecular flexibility index (Phi) is 17.2. The van der Waals surface area contributed by atoms with Gasteiger partial charge in [0.25, 0.3) is 0 Å². The van der Waals surface area contributed by atoms with Crippen molar-refractivity contribution >= 4 is 0 Å². The van der Waals surface area contributed by atoms with Gasteiger partial charge in [0.2, 0.25) is 6.04 Å². The molecule has 0 aromatic rings. The Balaban J connectivity index is 3.12. The number of nitrogens with zero attached hydrogens (tertiary/aromatic N) is 1. The number of aliphatic hydroxyl groups excluding tert-OH is 1. The number of nitro groups is 1. The Hall–Kier alpha value is -0.640. The lowest BCUT2D eigenvalue weighted by molar-refractivity contribution is -0.526. The van der Waals surface area contributed by atoms with Crippen molar-refractivity contribution in [3.05, 3.63) is 10.1 Å². The van der Waals surface area contributed by atoms with Gasteiger partial charge in [-0.2, -0.15) is 0 Å². The zero-order valence-corrected chi connectivity index (χ0v) is 15.3. The van der Waals surface area contributed by atoms with Gasteiger partial charge in [0.05, 0.1) is 0 Å². The van der Waals surface area contributed by atoms with E-state index in [1.54, 1.807) is 0 Å². The van der Waals surface area contributed by atoms with Gasteiger partial charge in [0, 0.05) is 11.3 Å². The Labute approximate surface area is 143 Å². The van der Waals surface area contributed by atoms with E-state index in [9.17, 15) is 10.1 Å². The lowest BCUT2D eigenvalue weighted by Crippen LogP contribution is -2.23. The van der Waals surface area contributed by atoms with Crippen LogP contribution in [0.1, 0.15) is 110 Å². The third-order valence-electron chi connectivity index (χ3n) is 4.65. The van der Waals surface area contributed by atoms with Crippen LogP contribution < -0.4 is 0 Å². The molecule has 4 nitrogen and oxygen atoms in total. The Bertz CT molecular complexity index is 259. The van der Waals surface area contributed by atoms with Crippen molar-refractivity contribution in [3.63, 3.8) is 0 Å². The molecule has 0 saturated carbocycles. The molecule has 138 valence electrons. The van der Waals surface area contributed by atoms with Crippen LogP contribution in [-0.2, 0) is 0 Å². The summed E-state index contributed by atoms with van der Waals surface area (Å²) >= 11 is 0. The molecule has 0 rings (SSSR count). The first kappa shape index (κ1) is 22.4. The van der Waals surface area contributed by atoms with E-state index in [2.05, 4.69) is 6.92 Å². The molecule has 0 amide bonds. The van der Waals surface area contributed by atoms with Gasteiger partial charge in [-0.25, -0.2) is 0 Å². The lowest BCUT2D eigenvalue weighted by Gasteiger charge is -2.06. The molecule has 1 atom stereocenters. The summed E-state index contributed by atoms with van der Waals surface area (Å²) in [6.45, 7) is 1.93. The number of rotatable bonds is 18. The van der Waals surface area contributed by atoms with Gasteiger partial charge in [0.1, 0.15) is 6.61 Å². The van der Waals surface area contributed by atoms with Crippen molar-refractivity contribution < 1.29 is 10.0 Å². The van der Waals surface area contributed by atoms with Crippen molar-refractivity contribution in [1.29, 1.82) is 0 Å². The molecule has 0 fully saturated rings. The van der Waals surface area contributed by atoms with E-state index >= 15 is 0 Å². The number of hydrogen-bond acceptors (Lipinski definition) is 3. The van der Waals surface area contributed by atoms with Crippen LogP contribution in [0.3, 0.4) is 0 Å². The Morgan fingerprint density at radius 2 is 1.09 bits per heavy atom. The van der Waals surface area contributed by atoms with E-state index in [0.717, 1.165) is 12.8 Å². The monoisotopic (exact) mass is 329 g/mol. The Morgan fingerprint density at radius 3 is 1.39 bits per heavy atom. The van der Waals surface area contributed by atoms with E-state index in [4.69, 9.17) is 5.11 Å². The number of hydrogen-bond donors (Lipinski definition) is 1. The normalized spacial score (nSPS) is 12.4. The topological polar surface area (TPSA) is 63.4 Å². The third kappa shape index (κ3) is 16.0. The van der Waals surface area contributed by atoms with E-state index in [1.807, 2.05) is 0 Å². The van der Waals surface area contributed by atoms with Gasteiger partial charge in [-0.15, -0.1) is 0 Å². The molecule has 1 unspecified atom stereocenters. The second-order valence-electron chi connectivity index (χ2n) is 6.86. The molecule has 0 aliphatic heterocycles. The van der Waals surface area contributed by atoms with Gasteiger partial charge in [-0.1, -0.05) is 96.8 Å². The van der Waals surface area contributed by atoms with E-state index in [1.165, 1.54) is 83.5 Å². The quantitative estimate of drug-likeness (QED) is 0.194. The maximum absolute atomic E-state index is 10.6. The highest BCUT2D eigenvalue weighted by molar-refractivity contribution is 4.55. The molecule has 0 aliphatic rings. The van der Waals surface area contributed by atoms with Crippen LogP contribution in [0.25, 0.3) is 0 Å². The number of aliphatic hydroxyl groups is 1. The van der Waals surface area contributed by atoms with Crippen LogP contribution in [0.4, 0.5) is 0 Å². The van der Waals surface area contributed by atoms with Crippen LogP contribution in [0.2, 0.25) is 0 Å². The molecule has 0 aromatic heterocycles. The summed E-state index contributed by atoms with van der Waals surface area (Å²) in [4.78, 5) is 10.2. The molecule has 0 heterocycles. The molecule has 0 spiro atoms. The van der Waals surface area contributed by atoms with Crippen molar-refractivity contribution in [2.75, 3.05) is 6.61 Å². The minimum absolute atomic E-state index is 0.328. The fraction of sp³-hybridized carbons (Fsp3) is 1.00. The van der Waals surface area contributed by atoms with Gasteiger partial charge in [-0.3, -0.25) is 10.1 Å². The van der Waals surface area contributed by atoms with Gasteiger partial charge in [-0.05, 0) is 6.42 Å². The fourth-order valence-corrected chi connectivity index (χ4v) is 3.01. The first-order chi connectivity index (χ1) is 11.2. The standard InChI is InChI=1S/C19H39NO3/c1-2-3-4-5-6-7-8-9-10-11-12-13-14-15-16-17-19(18-21)20(22)23/h19,21H,2-18H2,1H3. The van der Waals surface area contributed by atoms with E-state index < -0.39 is 6.04 Å². The van der Waals surface area contributed by atoms with E-state index in [0.29, 0.717) is 6.42 Å².